The lowest BCUT2D eigenvalue weighted by Crippen LogP contribution is -2.47. The molecule has 1 amide bonds. The van der Waals surface area contributed by atoms with Gasteiger partial charge in [-0.3, -0.25) is 9.78 Å². The molecule has 1 aliphatic rings. The first-order chi connectivity index (χ1) is 14.1. The van der Waals surface area contributed by atoms with Crippen LogP contribution in [0.2, 0.25) is 10.0 Å². The predicted molar refractivity (Wildman–Crippen MR) is 117 cm³/mol. The van der Waals surface area contributed by atoms with Crippen LogP contribution in [-0.4, -0.2) is 42.1 Å². The number of hydrogen-bond donors (Lipinski definition) is 1. The number of carbonyl (C=O) groups excluding carboxylic acids is 1. The molecule has 0 aliphatic carbocycles. The third-order valence-electron chi connectivity index (χ3n) is 4.77. The number of aromatic nitrogens is 2. The number of nitrogens with one attached hydrogen (secondary N) is 1. The molecule has 8 heteroatoms. The average Bonchev–Trinajstić information content (AvgIpc) is 2.74. The van der Waals surface area contributed by atoms with E-state index in [-0.39, 0.29) is 5.91 Å². The second kappa shape index (κ2) is 8.68. The van der Waals surface area contributed by atoms with Crippen LogP contribution in [0.5, 0.6) is 0 Å². The molecule has 0 bridgehead atoms. The van der Waals surface area contributed by atoms with Gasteiger partial charge in [-0.2, -0.15) is 0 Å². The van der Waals surface area contributed by atoms with Crippen LogP contribution in [0.15, 0.2) is 61.1 Å². The first-order valence-electron chi connectivity index (χ1n) is 9.22. The number of benzene rings is 1. The highest BCUT2D eigenvalue weighted by Crippen LogP contribution is 2.27. The summed E-state index contributed by atoms with van der Waals surface area (Å²) in [5.74, 6) is 0.413. The van der Waals surface area contributed by atoms with Gasteiger partial charge in [-0.25, -0.2) is 4.98 Å². The Labute approximate surface area is 179 Å². The minimum Gasteiger partial charge on any atom is -0.368 e. The first-order valence-corrected chi connectivity index (χ1v) is 9.98. The number of halogens is 2. The molecule has 29 heavy (non-hydrogen) atoms. The van der Waals surface area contributed by atoms with Gasteiger partial charge in [0.05, 0.1) is 10.6 Å². The normalized spacial score (nSPS) is 14.0. The maximum atomic E-state index is 12.5. The predicted octanol–water partition coefficient (Wildman–Crippen LogP) is 4.36. The summed E-state index contributed by atoms with van der Waals surface area (Å²) in [5, 5.41) is 3.82. The van der Waals surface area contributed by atoms with E-state index in [4.69, 9.17) is 23.2 Å². The largest absolute Gasteiger partial charge is 0.368 e. The average molecular weight is 428 g/mol. The molecule has 1 saturated heterocycles. The lowest BCUT2D eigenvalue weighted by atomic mass is 10.2. The summed E-state index contributed by atoms with van der Waals surface area (Å²) in [6.07, 6.45) is 5.15. The lowest BCUT2D eigenvalue weighted by Gasteiger charge is -2.37. The first kappa shape index (κ1) is 19.5. The van der Waals surface area contributed by atoms with Crippen LogP contribution in [0.3, 0.4) is 0 Å². The van der Waals surface area contributed by atoms with Crippen molar-refractivity contribution >= 4 is 46.3 Å². The molecule has 0 atom stereocenters. The number of rotatable bonds is 4. The summed E-state index contributed by atoms with van der Waals surface area (Å²) in [6, 6.07) is 12.7. The van der Waals surface area contributed by atoms with E-state index < -0.39 is 0 Å². The summed E-state index contributed by atoms with van der Waals surface area (Å²) < 4.78 is 0. The van der Waals surface area contributed by atoms with Crippen LogP contribution in [0.1, 0.15) is 10.4 Å². The molecule has 0 saturated carbocycles. The zero-order chi connectivity index (χ0) is 20.2. The van der Waals surface area contributed by atoms with Crippen LogP contribution >= 0.6 is 23.2 Å². The highest BCUT2D eigenvalue weighted by molar-refractivity contribution is 6.33. The molecular formula is C21H19Cl2N5O. The summed E-state index contributed by atoms with van der Waals surface area (Å²) >= 11 is 12.4. The fourth-order valence-electron chi connectivity index (χ4n) is 3.29. The Hall–Kier alpha value is -2.83. The zero-order valence-electron chi connectivity index (χ0n) is 15.6. The SMILES string of the molecule is O=C(Nc1cccc(Cl)c1)c1cnc(N2CCN(c3ccncc3)CC2)c(Cl)c1. The molecule has 148 valence electrons. The van der Waals surface area contributed by atoms with Crippen molar-refractivity contribution in [3.8, 4) is 0 Å². The van der Waals surface area contributed by atoms with E-state index in [1.54, 1.807) is 48.9 Å². The van der Waals surface area contributed by atoms with Crippen molar-refractivity contribution < 1.29 is 4.79 Å². The van der Waals surface area contributed by atoms with Gasteiger partial charge in [0.2, 0.25) is 0 Å². The van der Waals surface area contributed by atoms with Crippen LogP contribution in [0.25, 0.3) is 0 Å². The van der Waals surface area contributed by atoms with E-state index >= 15 is 0 Å². The van der Waals surface area contributed by atoms with Crippen LogP contribution < -0.4 is 15.1 Å². The van der Waals surface area contributed by atoms with Crippen molar-refractivity contribution in [2.24, 2.45) is 0 Å². The number of pyridine rings is 2. The Morgan fingerprint density at radius 3 is 2.38 bits per heavy atom. The van der Waals surface area contributed by atoms with Crippen molar-refractivity contribution in [3.05, 3.63) is 76.7 Å². The molecule has 0 unspecified atom stereocenters. The van der Waals surface area contributed by atoms with Gasteiger partial charge < -0.3 is 15.1 Å². The molecule has 1 aliphatic heterocycles. The summed E-state index contributed by atoms with van der Waals surface area (Å²) in [4.78, 5) is 25.5. The minimum absolute atomic E-state index is 0.282. The number of carbonyl (C=O) groups is 1. The smallest absolute Gasteiger partial charge is 0.257 e. The van der Waals surface area contributed by atoms with Crippen LogP contribution in [0, 0.1) is 0 Å². The van der Waals surface area contributed by atoms with Gasteiger partial charge in [0.15, 0.2) is 0 Å². The molecule has 6 nitrogen and oxygen atoms in total. The fraction of sp³-hybridized carbons (Fsp3) is 0.190. The van der Waals surface area contributed by atoms with Gasteiger partial charge in [0.25, 0.3) is 5.91 Å². The maximum Gasteiger partial charge on any atom is 0.257 e. The van der Waals surface area contributed by atoms with E-state index in [1.807, 2.05) is 12.1 Å². The standard InChI is InChI=1S/C21H19Cl2N5O/c22-16-2-1-3-17(13-16)26-21(29)15-12-19(23)20(25-14-15)28-10-8-27(9-11-28)18-4-6-24-7-5-18/h1-7,12-14H,8-11H2,(H,26,29). The monoisotopic (exact) mass is 427 g/mol. The Morgan fingerprint density at radius 2 is 1.69 bits per heavy atom. The molecule has 0 spiro atoms. The highest BCUT2D eigenvalue weighted by atomic mass is 35.5. The van der Waals surface area contributed by atoms with E-state index in [0.29, 0.717) is 27.1 Å². The second-order valence-electron chi connectivity index (χ2n) is 6.67. The molecule has 1 fully saturated rings. The minimum atomic E-state index is -0.282. The van der Waals surface area contributed by atoms with Crippen LogP contribution in [0.4, 0.5) is 17.2 Å². The molecule has 3 aromatic rings. The number of nitrogens with zero attached hydrogens (tertiary/aromatic N) is 4. The quantitative estimate of drug-likeness (QED) is 0.669. The fourth-order valence-corrected chi connectivity index (χ4v) is 3.76. The number of anilines is 3. The third-order valence-corrected chi connectivity index (χ3v) is 5.29. The zero-order valence-corrected chi connectivity index (χ0v) is 17.1. The third kappa shape index (κ3) is 4.60. The topological polar surface area (TPSA) is 61.4 Å². The summed E-state index contributed by atoms with van der Waals surface area (Å²) in [6.45, 7) is 3.31. The Kier molecular flexibility index (Phi) is 5.83. The van der Waals surface area contributed by atoms with Gasteiger partial charge in [0, 0.05) is 61.2 Å². The van der Waals surface area contributed by atoms with Crippen molar-refractivity contribution in [2.75, 3.05) is 41.3 Å². The number of amides is 1. The second-order valence-corrected chi connectivity index (χ2v) is 7.52. The Balaban J connectivity index is 1.42. The van der Waals surface area contributed by atoms with Crippen molar-refractivity contribution in [3.63, 3.8) is 0 Å². The van der Waals surface area contributed by atoms with E-state index in [2.05, 4.69) is 25.1 Å². The number of piperazine rings is 1. The van der Waals surface area contributed by atoms with Crippen LogP contribution in [-0.2, 0) is 0 Å². The van der Waals surface area contributed by atoms with Crippen molar-refractivity contribution in [1.29, 1.82) is 0 Å². The number of hydrogen-bond acceptors (Lipinski definition) is 5. The Morgan fingerprint density at radius 1 is 0.966 bits per heavy atom. The highest BCUT2D eigenvalue weighted by Gasteiger charge is 2.21. The van der Waals surface area contributed by atoms with E-state index in [0.717, 1.165) is 31.9 Å². The molecule has 4 rings (SSSR count). The van der Waals surface area contributed by atoms with Gasteiger partial charge in [0.1, 0.15) is 5.82 Å². The van der Waals surface area contributed by atoms with E-state index in [1.165, 1.54) is 0 Å². The molecule has 1 N–H and O–H groups in total. The lowest BCUT2D eigenvalue weighted by molar-refractivity contribution is 0.102. The Bertz CT molecular complexity index is 1010. The molecular weight excluding hydrogens is 409 g/mol. The van der Waals surface area contributed by atoms with E-state index in [9.17, 15) is 4.79 Å². The van der Waals surface area contributed by atoms with Gasteiger partial charge in [-0.05, 0) is 36.4 Å². The summed E-state index contributed by atoms with van der Waals surface area (Å²) in [5.41, 5.74) is 2.18. The van der Waals surface area contributed by atoms with Gasteiger partial charge >= 0.3 is 0 Å². The van der Waals surface area contributed by atoms with Gasteiger partial charge in [-0.1, -0.05) is 29.3 Å². The van der Waals surface area contributed by atoms with Crippen molar-refractivity contribution in [1.82, 2.24) is 9.97 Å². The summed E-state index contributed by atoms with van der Waals surface area (Å²) in [7, 11) is 0. The molecule has 0 radical (unpaired) electrons. The van der Waals surface area contributed by atoms with Gasteiger partial charge in [-0.15, -0.1) is 0 Å². The maximum absolute atomic E-state index is 12.5. The molecule has 2 aromatic heterocycles. The molecule has 3 heterocycles. The van der Waals surface area contributed by atoms with Crippen molar-refractivity contribution in [2.45, 2.75) is 0 Å². The molecule has 1 aromatic carbocycles.